The number of rotatable bonds is 3. The summed E-state index contributed by atoms with van der Waals surface area (Å²) in [5, 5.41) is 3.62. The summed E-state index contributed by atoms with van der Waals surface area (Å²) in [6.07, 6.45) is 1.82. The van der Waals surface area contributed by atoms with Gasteiger partial charge in [0.05, 0.1) is 16.5 Å². The number of hydrogen-bond donors (Lipinski definition) is 1. The zero-order valence-electron chi connectivity index (χ0n) is 9.66. The second kappa shape index (κ2) is 6.37. The first-order valence-corrected chi connectivity index (χ1v) is 6.95. The van der Waals surface area contributed by atoms with Crippen LogP contribution in [0.25, 0.3) is 0 Å². The molecule has 0 aliphatic carbocycles. The molecule has 0 radical (unpaired) electrons. The zero-order chi connectivity index (χ0) is 13.8. The van der Waals surface area contributed by atoms with Gasteiger partial charge in [-0.2, -0.15) is 0 Å². The largest absolute Gasteiger partial charge is 0.310 e. The van der Waals surface area contributed by atoms with Crippen molar-refractivity contribution in [1.82, 2.24) is 4.98 Å². The van der Waals surface area contributed by atoms with E-state index in [9.17, 15) is 4.79 Å². The molecule has 1 heterocycles. The minimum atomic E-state index is -0.163. The maximum Gasteiger partial charge on any atom is 0.229 e. The van der Waals surface area contributed by atoms with Gasteiger partial charge in [-0.1, -0.05) is 45.2 Å². The Labute approximate surface area is 129 Å². The van der Waals surface area contributed by atoms with E-state index in [0.29, 0.717) is 15.9 Å². The summed E-state index contributed by atoms with van der Waals surface area (Å²) in [6, 6.07) is 8.63. The Morgan fingerprint density at radius 3 is 2.68 bits per heavy atom. The van der Waals surface area contributed by atoms with Crippen LogP contribution in [-0.4, -0.2) is 10.9 Å². The lowest BCUT2D eigenvalue weighted by Gasteiger charge is -2.05. The lowest BCUT2D eigenvalue weighted by molar-refractivity contribution is -0.115. The molecule has 0 atom stereocenters. The van der Waals surface area contributed by atoms with Gasteiger partial charge in [-0.15, -0.1) is 0 Å². The number of amides is 1. The van der Waals surface area contributed by atoms with Crippen LogP contribution >= 0.6 is 39.1 Å². The highest BCUT2D eigenvalue weighted by Crippen LogP contribution is 2.23. The number of carbonyl (C=O) groups excluding carboxylic acids is 1. The predicted octanol–water partition coefficient (Wildman–Crippen LogP) is 4.33. The maximum absolute atomic E-state index is 11.8. The van der Waals surface area contributed by atoms with E-state index in [1.807, 2.05) is 0 Å². The van der Waals surface area contributed by atoms with Crippen molar-refractivity contribution in [2.75, 3.05) is 5.32 Å². The van der Waals surface area contributed by atoms with E-state index in [-0.39, 0.29) is 12.3 Å². The van der Waals surface area contributed by atoms with Crippen LogP contribution in [0.15, 0.2) is 41.0 Å². The molecule has 0 saturated carbocycles. The number of halogens is 3. The predicted molar refractivity (Wildman–Crippen MR) is 80.7 cm³/mol. The molecule has 0 unspecified atom stereocenters. The number of anilines is 1. The molecular weight excluding hydrogens is 351 g/mol. The Balaban J connectivity index is 2.03. The van der Waals surface area contributed by atoms with Gasteiger partial charge in [-0.25, -0.2) is 4.98 Å². The maximum atomic E-state index is 11.8. The summed E-state index contributed by atoms with van der Waals surface area (Å²) >= 11 is 15.0. The van der Waals surface area contributed by atoms with Gasteiger partial charge in [-0.05, 0) is 29.8 Å². The number of nitrogens with one attached hydrogen (secondary N) is 1. The van der Waals surface area contributed by atoms with Crippen molar-refractivity contribution in [3.63, 3.8) is 0 Å². The van der Waals surface area contributed by atoms with Crippen molar-refractivity contribution in [2.24, 2.45) is 0 Å². The summed E-state index contributed by atoms with van der Waals surface area (Å²) in [5.74, 6) is 0.337. The number of benzene rings is 1. The van der Waals surface area contributed by atoms with Gasteiger partial charge < -0.3 is 5.32 Å². The van der Waals surface area contributed by atoms with Crippen LogP contribution in [-0.2, 0) is 11.2 Å². The third-order valence-electron chi connectivity index (χ3n) is 2.34. The minimum absolute atomic E-state index is 0.163. The molecule has 6 heteroatoms. The first-order chi connectivity index (χ1) is 9.04. The molecule has 0 spiro atoms. The van der Waals surface area contributed by atoms with Crippen LogP contribution in [0.3, 0.4) is 0 Å². The third kappa shape index (κ3) is 4.20. The highest BCUT2D eigenvalue weighted by molar-refractivity contribution is 9.10. The van der Waals surface area contributed by atoms with Crippen molar-refractivity contribution < 1.29 is 4.79 Å². The van der Waals surface area contributed by atoms with Gasteiger partial charge in [0, 0.05) is 10.7 Å². The Kier molecular flexibility index (Phi) is 4.80. The molecule has 0 aliphatic rings. The molecule has 19 heavy (non-hydrogen) atoms. The molecule has 0 aliphatic heterocycles. The third-order valence-corrected chi connectivity index (χ3v) is 3.57. The Morgan fingerprint density at radius 1 is 1.21 bits per heavy atom. The molecular formula is C13H9BrCl2N2O. The van der Waals surface area contributed by atoms with Crippen molar-refractivity contribution in [3.8, 4) is 0 Å². The molecule has 0 bridgehead atoms. The van der Waals surface area contributed by atoms with E-state index in [2.05, 4.69) is 26.2 Å². The van der Waals surface area contributed by atoms with Crippen LogP contribution in [0.2, 0.25) is 10.0 Å². The summed E-state index contributed by atoms with van der Waals surface area (Å²) in [4.78, 5) is 15.9. The zero-order valence-corrected chi connectivity index (χ0v) is 12.8. The molecule has 2 rings (SSSR count). The topological polar surface area (TPSA) is 42.0 Å². The van der Waals surface area contributed by atoms with Gasteiger partial charge in [0.15, 0.2) is 0 Å². The Bertz CT molecular complexity index is 619. The number of hydrogen-bond acceptors (Lipinski definition) is 2. The van der Waals surface area contributed by atoms with Crippen molar-refractivity contribution in [1.29, 1.82) is 0 Å². The molecule has 3 nitrogen and oxygen atoms in total. The SMILES string of the molecule is O=C(Cc1ccc(Cl)c(Cl)c1)Nc1cc(Br)ccn1. The standard InChI is InChI=1S/C13H9BrCl2N2O/c14-9-3-4-17-12(7-9)18-13(19)6-8-1-2-10(15)11(16)5-8/h1-5,7H,6H2,(H,17,18,19). The average Bonchev–Trinajstić information content (AvgIpc) is 2.34. The van der Waals surface area contributed by atoms with Crippen molar-refractivity contribution in [2.45, 2.75) is 6.42 Å². The molecule has 2 aromatic rings. The molecule has 1 aromatic carbocycles. The first kappa shape index (κ1) is 14.3. The molecule has 1 amide bonds. The molecule has 98 valence electrons. The average molecular weight is 360 g/mol. The summed E-state index contributed by atoms with van der Waals surface area (Å²) < 4.78 is 0.854. The quantitative estimate of drug-likeness (QED) is 0.885. The number of nitrogens with zero attached hydrogens (tertiary/aromatic N) is 1. The summed E-state index contributed by atoms with van der Waals surface area (Å²) in [5.41, 5.74) is 0.793. The van der Waals surface area contributed by atoms with Gasteiger partial charge in [0.25, 0.3) is 0 Å². The van der Waals surface area contributed by atoms with Crippen LogP contribution in [0.4, 0.5) is 5.82 Å². The van der Waals surface area contributed by atoms with E-state index in [0.717, 1.165) is 10.0 Å². The van der Waals surface area contributed by atoms with E-state index in [1.54, 1.807) is 36.5 Å². The van der Waals surface area contributed by atoms with E-state index in [1.165, 1.54) is 0 Å². The number of carbonyl (C=O) groups is 1. The minimum Gasteiger partial charge on any atom is -0.310 e. The normalized spacial score (nSPS) is 10.3. The second-order valence-corrected chi connectivity index (χ2v) is 5.56. The fourth-order valence-electron chi connectivity index (χ4n) is 1.50. The van der Waals surface area contributed by atoms with E-state index >= 15 is 0 Å². The molecule has 1 N–H and O–H groups in total. The van der Waals surface area contributed by atoms with Gasteiger partial charge in [0.2, 0.25) is 5.91 Å². The fourth-order valence-corrected chi connectivity index (χ4v) is 2.15. The summed E-state index contributed by atoms with van der Waals surface area (Å²) in [6.45, 7) is 0. The van der Waals surface area contributed by atoms with Gasteiger partial charge >= 0.3 is 0 Å². The highest BCUT2D eigenvalue weighted by atomic mass is 79.9. The van der Waals surface area contributed by atoms with Crippen molar-refractivity contribution >= 4 is 50.9 Å². The smallest absolute Gasteiger partial charge is 0.229 e. The van der Waals surface area contributed by atoms with E-state index in [4.69, 9.17) is 23.2 Å². The second-order valence-electron chi connectivity index (χ2n) is 3.83. The lowest BCUT2D eigenvalue weighted by atomic mass is 10.1. The van der Waals surface area contributed by atoms with Gasteiger partial charge in [0.1, 0.15) is 5.82 Å². The van der Waals surface area contributed by atoms with E-state index < -0.39 is 0 Å². The number of pyridine rings is 1. The Morgan fingerprint density at radius 2 is 2.00 bits per heavy atom. The highest BCUT2D eigenvalue weighted by Gasteiger charge is 2.07. The Hall–Kier alpha value is -1.10. The van der Waals surface area contributed by atoms with Crippen LogP contribution in [0, 0.1) is 0 Å². The molecule has 1 aromatic heterocycles. The lowest BCUT2D eigenvalue weighted by Crippen LogP contribution is -2.15. The molecule has 0 saturated heterocycles. The fraction of sp³-hybridized carbons (Fsp3) is 0.0769. The van der Waals surface area contributed by atoms with Crippen LogP contribution in [0.5, 0.6) is 0 Å². The van der Waals surface area contributed by atoms with Gasteiger partial charge in [-0.3, -0.25) is 4.79 Å². The van der Waals surface area contributed by atoms with Crippen LogP contribution < -0.4 is 5.32 Å². The summed E-state index contributed by atoms with van der Waals surface area (Å²) in [7, 11) is 0. The molecule has 0 fully saturated rings. The number of aromatic nitrogens is 1. The van der Waals surface area contributed by atoms with Crippen molar-refractivity contribution in [3.05, 3.63) is 56.6 Å². The monoisotopic (exact) mass is 358 g/mol. The van der Waals surface area contributed by atoms with Crippen LogP contribution in [0.1, 0.15) is 5.56 Å². The first-order valence-electron chi connectivity index (χ1n) is 5.40.